The van der Waals surface area contributed by atoms with Gasteiger partial charge in [-0.25, -0.2) is 0 Å². The highest BCUT2D eigenvalue weighted by Crippen LogP contribution is 1.87. The molecule has 55 valence electrons. The van der Waals surface area contributed by atoms with Gasteiger partial charge in [0, 0.05) is 0 Å². The quantitative estimate of drug-likeness (QED) is 0.310. The van der Waals surface area contributed by atoms with Gasteiger partial charge in [0.1, 0.15) is 6.42 Å². The predicted molar refractivity (Wildman–Crippen MR) is 34.3 cm³/mol. The Balaban J connectivity index is 3.47. The third kappa shape index (κ3) is 3.94. The summed E-state index contributed by atoms with van der Waals surface area (Å²) in [6.45, 7) is 1.55. The minimum atomic E-state index is -0.602. The fraction of sp³-hybridized carbons (Fsp3) is 0.600. The van der Waals surface area contributed by atoms with Crippen molar-refractivity contribution >= 4 is 19.4 Å². The lowest BCUT2D eigenvalue weighted by molar-refractivity contribution is -0.148. The zero-order valence-corrected chi connectivity index (χ0v) is 5.92. The minimum Gasteiger partial charge on any atom is -0.539 e. The van der Waals surface area contributed by atoms with E-state index in [4.69, 9.17) is 0 Å². The van der Waals surface area contributed by atoms with Crippen LogP contribution < -0.4 is 0 Å². The number of methoxy groups -OCH3 is 1. The molecule has 0 rings (SSSR count). The smallest absolute Gasteiger partial charge is 0.370 e. The fourth-order valence-electron chi connectivity index (χ4n) is 0.363. The Bertz CT molecular complexity index is 134. The molecule has 0 bridgehead atoms. The Morgan fingerprint density at radius 2 is 2.00 bits per heavy atom. The van der Waals surface area contributed by atoms with Gasteiger partial charge in [-0.3, -0.25) is 9.59 Å². The zero-order valence-electron chi connectivity index (χ0n) is 5.92. The normalized spacial score (nSPS) is 8.20. The highest BCUT2D eigenvalue weighted by atomic mass is 16.5. The molecule has 0 aromatic heterocycles. The van der Waals surface area contributed by atoms with E-state index in [9.17, 15) is 9.59 Å². The van der Waals surface area contributed by atoms with Crippen LogP contribution in [0.25, 0.3) is 0 Å². The molecule has 10 heavy (non-hydrogen) atoms. The lowest BCUT2D eigenvalue weighted by Gasteiger charge is -1.98. The first-order valence-electron chi connectivity index (χ1n) is 2.74. The molecule has 0 N–H and O–H groups in total. The molecular formula is C5H8BO4. The van der Waals surface area contributed by atoms with Gasteiger partial charge in [0.2, 0.25) is 0 Å². The summed E-state index contributed by atoms with van der Waals surface area (Å²) < 4.78 is 8.56. The van der Waals surface area contributed by atoms with Crippen LogP contribution in [0.5, 0.6) is 0 Å². The number of carbonyl (C=O) groups is 2. The maximum Gasteiger partial charge on any atom is 0.370 e. The Labute approximate surface area is 59.8 Å². The maximum absolute atomic E-state index is 10.5. The molecule has 0 amide bonds. The second-order valence-corrected chi connectivity index (χ2v) is 1.48. The summed E-state index contributed by atoms with van der Waals surface area (Å²) >= 11 is 0. The van der Waals surface area contributed by atoms with Gasteiger partial charge in [-0.2, -0.15) is 0 Å². The molecule has 0 saturated heterocycles. The average Bonchev–Trinajstić information content (AvgIpc) is 1.88. The third-order valence-electron chi connectivity index (χ3n) is 0.766. The first kappa shape index (κ1) is 9.00. The molecule has 0 aliphatic carbocycles. The summed E-state index contributed by atoms with van der Waals surface area (Å²) in [6.07, 6.45) is -0.332. The standard InChI is InChI=1S/C5H8BO4/c1-6-10-5(8)3-4(7)9-2/h3H2,1-2H3. The number of carbonyl (C=O) groups excluding carboxylic acids is 2. The number of hydrogen-bond acceptors (Lipinski definition) is 4. The van der Waals surface area contributed by atoms with E-state index in [1.807, 2.05) is 0 Å². The molecule has 4 nitrogen and oxygen atoms in total. The molecule has 0 aliphatic rings. The topological polar surface area (TPSA) is 52.6 Å². The fourth-order valence-corrected chi connectivity index (χ4v) is 0.363. The van der Waals surface area contributed by atoms with Gasteiger partial charge in [-0.1, -0.05) is 6.82 Å². The summed E-state index contributed by atoms with van der Waals surface area (Å²) in [5.74, 6) is -1.19. The van der Waals surface area contributed by atoms with E-state index in [0.717, 1.165) is 0 Å². The van der Waals surface area contributed by atoms with Crippen molar-refractivity contribution in [3.05, 3.63) is 0 Å². The van der Waals surface area contributed by atoms with Crippen molar-refractivity contribution in [3.63, 3.8) is 0 Å². The van der Waals surface area contributed by atoms with E-state index in [1.165, 1.54) is 14.6 Å². The van der Waals surface area contributed by atoms with E-state index < -0.39 is 11.9 Å². The first-order chi connectivity index (χ1) is 4.70. The van der Waals surface area contributed by atoms with E-state index in [-0.39, 0.29) is 6.42 Å². The van der Waals surface area contributed by atoms with Crippen molar-refractivity contribution in [2.45, 2.75) is 13.2 Å². The summed E-state index contributed by atoms with van der Waals surface area (Å²) in [4.78, 5) is 20.8. The van der Waals surface area contributed by atoms with E-state index in [0.29, 0.717) is 0 Å². The van der Waals surface area contributed by atoms with Crippen LogP contribution >= 0.6 is 0 Å². The number of ether oxygens (including phenoxy) is 1. The van der Waals surface area contributed by atoms with Crippen molar-refractivity contribution in [3.8, 4) is 0 Å². The van der Waals surface area contributed by atoms with Crippen molar-refractivity contribution in [2.75, 3.05) is 7.11 Å². The third-order valence-corrected chi connectivity index (χ3v) is 0.766. The Morgan fingerprint density at radius 3 is 2.40 bits per heavy atom. The maximum atomic E-state index is 10.5. The number of esters is 1. The molecule has 5 heteroatoms. The largest absolute Gasteiger partial charge is 0.539 e. The molecule has 0 heterocycles. The Kier molecular flexibility index (Phi) is 4.36. The van der Waals surface area contributed by atoms with Crippen LogP contribution in [0, 0.1) is 0 Å². The average molecular weight is 143 g/mol. The molecule has 0 aliphatic heterocycles. The second-order valence-electron chi connectivity index (χ2n) is 1.48. The van der Waals surface area contributed by atoms with Crippen LogP contribution in [-0.2, 0) is 19.0 Å². The number of hydrogen-bond donors (Lipinski definition) is 0. The van der Waals surface area contributed by atoms with Gasteiger partial charge in [-0.05, 0) is 0 Å². The molecule has 0 atom stereocenters. The number of rotatable bonds is 3. The lowest BCUT2D eigenvalue weighted by Crippen LogP contribution is -2.13. The Hall–Kier alpha value is -0.995. The first-order valence-corrected chi connectivity index (χ1v) is 2.74. The van der Waals surface area contributed by atoms with Gasteiger partial charge >= 0.3 is 13.5 Å². The summed E-state index contributed by atoms with van der Waals surface area (Å²) in [5, 5.41) is 0. The molecule has 0 spiro atoms. The highest BCUT2D eigenvalue weighted by Gasteiger charge is 2.08. The van der Waals surface area contributed by atoms with Crippen LogP contribution in [0.1, 0.15) is 6.42 Å². The van der Waals surface area contributed by atoms with Crippen LogP contribution in [0.3, 0.4) is 0 Å². The van der Waals surface area contributed by atoms with Gasteiger partial charge in [0.25, 0.3) is 5.97 Å². The van der Waals surface area contributed by atoms with Crippen LogP contribution in [0.4, 0.5) is 0 Å². The molecule has 0 fully saturated rings. The van der Waals surface area contributed by atoms with Gasteiger partial charge in [0.15, 0.2) is 0 Å². The van der Waals surface area contributed by atoms with E-state index in [1.54, 1.807) is 6.82 Å². The van der Waals surface area contributed by atoms with Crippen LogP contribution in [-0.4, -0.2) is 26.5 Å². The predicted octanol–water partition coefficient (Wildman–Crippen LogP) is -0.240. The highest BCUT2D eigenvalue weighted by molar-refractivity contribution is 6.28. The molecule has 1 radical (unpaired) electrons. The van der Waals surface area contributed by atoms with E-state index in [2.05, 4.69) is 9.39 Å². The van der Waals surface area contributed by atoms with Crippen molar-refractivity contribution in [1.29, 1.82) is 0 Å². The molecule has 0 saturated carbocycles. The Morgan fingerprint density at radius 1 is 1.40 bits per heavy atom. The van der Waals surface area contributed by atoms with E-state index >= 15 is 0 Å². The molecule has 0 unspecified atom stereocenters. The summed E-state index contributed by atoms with van der Waals surface area (Å²) in [5.41, 5.74) is 0. The molecule has 0 aromatic rings. The van der Waals surface area contributed by atoms with Crippen LogP contribution in [0.2, 0.25) is 6.82 Å². The van der Waals surface area contributed by atoms with Gasteiger partial charge in [-0.15, -0.1) is 0 Å². The zero-order chi connectivity index (χ0) is 7.98. The van der Waals surface area contributed by atoms with Crippen molar-refractivity contribution in [2.24, 2.45) is 0 Å². The summed E-state index contributed by atoms with van der Waals surface area (Å²) in [7, 11) is 2.43. The van der Waals surface area contributed by atoms with Crippen LogP contribution in [0.15, 0.2) is 0 Å². The van der Waals surface area contributed by atoms with Crippen molar-refractivity contribution < 1.29 is 19.0 Å². The molecule has 0 aromatic carbocycles. The second kappa shape index (κ2) is 4.84. The van der Waals surface area contributed by atoms with Crippen molar-refractivity contribution in [1.82, 2.24) is 0 Å². The summed E-state index contributed by atoms with van der Waals surface area (Å²) in [6, 6.07) is 0. The lowest BCUT2D eigenvalue weighted by atomic mass is 10.1. The van der Waals surface area contributed by atoms with Gasteiger partial charge in [0.05, 0.1) is 7.11 Å². The monoisotopic (exact) mass is 143 g/mol. The molecular weight excluding hydrogens is 135 g/mol. The SMILES string of the molecule is C[B]OC(=O)CC(=O)OC. The minimum absolute atomic E-state index is 0.332. The van der Waals surface area contributed by atoms with Gasteiger partial charge < -0.3 is 9.39 Å².